The third-order valence-electron chi connectivity index (χ3n) is 1.83. The fraction of sp³-hybridized carbons (Fsp3) is 0. The standard InChI is InChI=1S/C8H5ClN2O3/c9-4-1-2-6-5(3-4)7(10)8(14-6)11(12)13/h1-3H,10H2. The zero-order valence-corrected chi connectivity index (χ0v) is 7.62. The van der Waals surface area contributed by atoms with Crippen LogP contribution in [0.2, 0.25) is 5.02 Å². The lowest BCUT2D eigenvalue weighted by Crippen LogP contribution is -1.90. The van der Waals surface area contributed by atoms with Crippen LogP contribution in [-0.4, -0.2) is 4.92 Å². The molecule has 2 rings (SSSR count). The molecule has 5 nitrogen and oxygen atoms in total. The molecule has 0 unspecified atom stereocenters. The Labute approximate surface area is 83.2 Å². The van der Waals surface area contributed by atoms with Crippen LogP contribution >= 0.6 is 11.6 Å². The molecule has 0 fully saturated rings. The molecular weight excluding hydrogens is 208 g/mol. The van der Waals surface area contributed by atoms with E-state index in [-0.39, 0.29) is 5.69 Å². The quantitative estimate of drug-likeness (QED) is 0.582. The van der Waals surface area contributed by atoms with E-state index >= 15 is 0 Å². The molecule has 0 saturated heterocycles. The minimum atomic E-state index is -0.663. The normalized spacial score (nSPS) is 10.6. The Morgan fingerprint density at radius 3 is 2.86 bits per heavy atom. The van der Waals surface area contributed by atoms with E-state index in [1.54, 1.807) is 12.1 Å². The van der Waals surface area contributed by atoms with Crippen LogP contribution in [-0.2, 0) is 0 Å². The summed E-state index contributed by atoms with van der Waals surface area (Å²) in [6, 6.07) is 4.65. The summed E-state index contributed by atoms with van der Waals surface area (Å²) in [4.78, 5) is 9.81. The number of hydrogen-bond donors (Lipinski definition) is 1. The van der Waals surface area contributed by atoms with E-state index in [0.717, 1.165) is 0 Å². The molecule has 2 aromatic rings. The first-order valence-electron chi connectivity index (χ1n) is 3.71. The highest BCUT2D eigenvalue weighted by Crippen LogP contribution is 2.35. The number of hydrogen-bond acceptors (Lipinski definition) is 4. The van der Waals surface area contributed by atoms with Gasteiger partial charge in [0.15, 0.2) is 5.69 Å². The number of nitrogens with zero attached hydrogens (tertiary/aromatic N) is 1. The molecule has 0 aliphatic rings. The average Bonchev–Trinajstić information content (AvgIpc) is 2.44. The predicted octanol–water partition coefficient (Wildman–Crippen LogP) is 2.58. The van der Waals surface area contributed by atoms with Crippen molar-refractivity contribution >= 4 is 34.1 Å². The third kappa shape index (κ3) is 1.18. The Morgan fingerprint density at radius 1 is 1.50 bits per heavy atom. The van der Waals surface area contributed by atoms with Crippen LogP contribution in [0.25, 0.3) is 11.0 Å². The van der Waals surface area contributed by atoms with Crippen molar-refractivity contribution in [1.82, 2.24) is 0 Å². The second kappa shape index (κ2) is 2.88. The van der Waals surface area contributed by atoms with E-state index in [4.69, 9.17) is 21.8 Å². The Bertz CT molecular complexity index is 521. The number of furan rings is 1. The number of benzene rings is 1. The van der Waals surface area contributed by atoms with E-state index in [0.29, 0.717) is 16.0 Å². The Balaban J connectivity index is 2.80. The highest BCUT2D eigenvalue weighted by molar-refractivity contribution is 6.31. The number of nitro groups is 1. The number of fused-ring (bicyclic) bond motifs is 1. The van der Waals surface area contributed by atoms with Gasteiger partial charge in [-0.2, -0.15) is 0 Å². The van der Waals surface area contributed by atoms with Gasteiger partial charge in [0.2, 0.25) is 0 Å². The first-order valence-corrected chi connectivity index (χ1v) is 4.09. The molecule has 2 N–H and O–H groups in total. The van der Waals surface area contributed by atoms with Gasteiger partial charge in [0.1, 0.15) is 10.5 Å². The van der Waals surface area contributed by atoms with E-state index < -0.39 is 10.8 Å². The van der Waals surface area contributed by atoms with Crippen LogP contribution < -0.4 is 5.73 Å². The van der Waals surface area contributed by atoms with E-state index in [9.17, 15) is 10.1 Å². The maximum atomic E-state index is 10.5. The summed E-state index contributed by atoms with van der Waals surface area (Å²) in [6.45, 7) is 0. The molecular formula is C8H5ClN2O3. The lowest BCUT2D eigenvalue weighted by atomic mass is 10.2. The average molecular weight is 213 g/mol. The smallest absolute Gasteiger partial charge is 0.399 e. The molecule has 1 heterocycles. The topological polar surface area (TPSA) is 82.3 Å². The maximum absolute atomic E-state index is 10.5. The van der Waals surface area contributed by atoms with Gasteiger partial charge in [-0.1, -0.05) is 11.6 Å². The van der Waals surface area contributed by atoms with Crippen LogP contribution in [0.1, 0.15) is 0 Å². The molecule has 1 aromatic carbocycles. The van der Waals surface area contributed by atoms with Crippen molar-refractivity contribution in [3.63, 3.8) is 0 Å². The van der Waals surface area contributed by atoms with Crippen LogP contribution in [0.4, 0.5) is 11.6 Å². The zero-order valence-electron chi connectivity index (χ0n) is 6.86. The Hall–Kier alpha value is -1.75. The monoisotopic (exact) mass is 212 g/mol. The lowest BCUT2D eigenvalue weighted by Gasteiger charge is -1.88. The Kier molecular flexibility index (Phi) is 1.82. The van der Waals surface area contributed by atoms with Gasteiger partial charge in [-0.05, 0) is 18.2 Å². The Morgan fingerprint density at radius 2 is 2.21 bits per heavy atom. The predicted molar refractivity (Wildman–Crippen MR) is 52.3 cm³/mol. The van der Waals surface area contributed by atoms with Gasteiger partial charge < -0.3 is 10.2 Å². The molecule has 0 bridgehead atoms. The molecule has 0 atom stereocenters. The molecule has 6 heteroatoms. The third-order valence-corrected chi connectivity index (χ3v) is 2.07. The van der Waals surface area contributed by atoms with Crippen molar-refractivity contribution in [1.29, 1.82) is 0 Å². The summed E-state index contributed by atoms with van der Waals surface area (Å²) in [7, 11) is 0. The molecule has 0 aliphatic heterocycles. The lowest BCUT2D eigenvalue weighted by molar-refractivity contribution is -0.400. The summed E-state index contributed by atoms with van der Waals surface area (Å²) in [5.41, 5.74) is 5.88. The number of nitrogens with two attached hydrogens (primary N) is 1. The van der Waals surface area contributed by atoms with Crippen molar-refractivity contribution in [2.45, 2.75) is 0 Å². The summed E-state index contributed by atoms with van der Waals surface area (Å²) in [5, 5.41) is 11.4. The highest BCUT2D eigenvalue weighted by Gasteiger charge is 2.21. The van der Waals surface area contributed by atoms with Gasteiger partial charge in [0.05, 0.1) is 5.39 Å². The number of rotatable bonds is 1. The van der Waals surface area contributed by atoms with Crippen LogP contribution in [0.3, 0.4) is 0 Å². The van der Waals surface area contributed by atoms with Gasteiger partial charge >= 0.3 is 5.88 Å². The maximum Gasteiger partial charge on any atom is 0.457 e. The molecule has 0 spiro atoms. The van der Waals surface area contributed by atoms with Crippen molar-refractivity contribution in [2.24, 2.45) is 0 Å². The van der Waals surface area contributed by atoms with Gasteiger partial charge in [-0.3, -0.25) is 10.1 Å². The fourth-order valence-corrected chi connectivity index (χ4v) is 1.38. The summed E-state index contributed by atoms with van der Waals surface area (Å²) >= 11 is 5.71. The first-order chi connectivity index (χ1) is 6.59. The fourth-order valence-electron chi connectivity index (χ4n) is 1.21. The number of anilines is 1. The van der Waals surface area contributed by atoms with E-state index in [1.165, 1.54) is 6.07 Å². The number of halogens is 1. The second-order valence-corrected chi connectivity index (χ2v) is 3.15. The van der Waals surface area contributed by atoms with Crippen LogP contribution in [0, 0.1) is 10.1 Å². The first kappa shape index (κ1) is 8.83. The van der Waals surface area contributed by atoms with Crippen molar-refractivity contribution in [2.75, 3.05) is 5.73 Å². The van der Waals surface area contributed by atoms with Crippen LogP contribution in [0.15, 0.2) is 22.6 Å². The summed E-state index contributed by atoms with van der Waals surface area (Å²) in [5.74, 6) is -0.442. The van der Waals surface area contributed by atoms with Gasteiger partial charge in [-0.25, -0.2) is 0 Å². The second-order valence-electron chi connectivity index (χ2n) is 2.72. The molecule has 0 aliphatic carbocycles. The molecule has 14 heavy (non-hydrogen) atoms. The SMILES string of the molecule is Nc1c([N+](=O)[O-])oc2ccc(Cl)cc12. The van der Waals surface area contributed by atoms with E-state index in [2.05, 4.69) is 0 Å². The number of nitrogen functional groups attached to an aromatic ring is 1. The largest absolute Gasteiger partial charge is 0.457 e. The van der Waals surface area contributed by atoms with Gasteiger partial charge in [0.25, 0.3) is 0 Å². The molecule has 0 amide bonds. The summed E-state index contributed by atoms with van der Waals surface area (Å²) in [6.07, 6.45) is 0. The minimum absolute atomic E-state index is 0.00694. The molecule has 72 valence electrons. The van der Waals surface area contributed by atoms with Crippen LogP contribution in [0.5, 0.6) is 0 Å². The van der Waals surface area contributed by atoms with Gasteiger partial charge in [0, 0.05) is 5.02 Å². The summed E-state index contributed by atoms with van der Waals surface area (Å²) < 4.78 is 4.93. The highest BCUT2D eigenvalue weighted by atomic mass is 35.5. The molecule has 1 aromatic heterocycles. The van der Waals surface area contributed by atoms with Gasteiger partial charge in [-0.15, -0.1) is 0 Å². The van der Waals surface area contributed by atoms with Crippen molar-refractivity contribution in [3.8, 4) is 0 Å². The zero-order chi connectivity index (χ0) is 10.3. The minimum Gasteiger partial charge on any atom is -0.399 e. The van der Waals surface area contributed by atoms with Crippen molar-refractivity contribution < 1.29 is 9.34 Å². The van der Waals surface area contributed by atoms with Crippen molar-refractivity contribution in [3.05, 3.63) is 33.3 Å². The van der Waals surface area contributed by atoms with E-state index in [1.807, 2.05) is 0 Å². The molecule has 0 radical (unpaired) electrons. The molecule has 0 saturated carbocycles.